The molecular formula is C11H14N4O4. The Kier molecular flexibility index (Phi) is 4.74. The van der Waals surface area contributed by atoms with Crippen LogP contribution in [-0.4, -0.2) is 38.9 Å². The minimum Gasteiger partial charge on any atom is -0.394 e. The summed E-state index contributed by atoms with van der Waals surface area (Å²) in [5, 5.41) is 40.9. The molecule has 8 nitrogen and oxygen atoms in total. The van der Waals surface area contributed by atoms with Crippen molar-refractivity contribution in [3.63, 3.8) is 0 Å². The van der Waals surface area contributed by atoms with Crippen molar-refractivity contribution in [1.82, 2.24) is 4.98 Å². The molecule has 0 saturated heterocycles. The summed E-state index contributed by atoms with van der Waals surface area (Å²) < 4.78 is 0. The number of rotatable bonds is 6. The van der Waals surface area contributed by atoms with E-state index in [2.05, 4.69) is 10.3 Å². The summed E-state index contributed by atoms with van der Waals surface area (Å²) in [7, 11) is 0. The number of nitrogens with zero attached hydrogens (tertiary/aromatic N) is 3. The highest BCUT2D eigenvalue weighted by Crippen LogP contribution is 2.26. The number of nitriles is 1. The van der Waals surface area contributed by atoms with Gasteiger partial charge < -0.3 is 15.5 Å². The second-order valence-corrected chi connectivity index (χ2v) is 4.04. The molecule has 0 atom stereocenters. The molecule has 0 aliphatic carbocycles. The number of hydrogen-bond donors (Lipinski definition) is 3. The Morgan fingerprint density at radius 2 is 2.21 bits per heavy atom. The van der Waals surface area contributed by atoms with Crippen LogP contribution in [0.15, 0.2) is 12.3 Å². The molecule has 0 amide bonds. The molecule has 0 saturated carbocycles. The Hall–Kier alpha value is -2.24. The normalized spacial score (nSPS) is 10.8. The number of hydrogen-bond acceptors (Lipinski definition) is 7. The highest BCUT2D eigenvalue weighted by molar-refractivity contribution is 5.59. The fraction of sp³-hybridized carbons (Fsp3) is 0.455. The summed E-state index contributed by atoms with van der Waals surface area (Å²) in [6, 6.07) is 2.85. The van der Waals surface area contributed by atoms with Crippen molar-refractivity contribution in [3.05, 3.63) is 27.9 Å². The van der Waals surface area contributed by atoms with Crippen molar-refractivity contribution in [2.75, 3.05) is 18.5 Å². The van der Waals surface area contributed by atoms with Crippen LogP contribution in [0, 0.1) is 21.4 Å². The predicted octanol–water partition coefficient (Wildman–Crippen LogP) is 0.407. The molecule has 19 heavy (non-hydrogen) atoms. The van der Waals surface area contributed by atoms with E-state index in [1.807, 2.05) is 0 Å². The van der Waals surface area contributed by atoms with E-state index in [0.29, 0.717) is 6.42 Å². The fourth-order valence-electron chi connectivity index (χ4n) is 1.44. The maximum atomic E-state index is 10.9. The lowest BCUT2D eigenvalue weighted by molar-refractivity contribution is -0.384. The average molecular weight is 266 g/mol. The minimum atomic E-state index is -1.09. The lowest BCUT2D eigenvalue weighted by Gasteiger charge is -2.29. The van der Waals surface area contributed by atoms with Gasteiger partial charge in [0.2, 0.25) is 5.82 Å². The van der Waals surface area contributed by atoms with Gasteiger partial charge in [0.15, 0.2) is 0 Å². The van der Waals surface area contributed by atoms with Crippen LogP contribution in [0.4, 0.5) is 11.5 Å². The maximum absolute atomic E-state index is 10.9. The van der Waals surface area contributed by atoms with Gasteiger partial charge in [0.25, 0.3) is 0 Å². The Balaban J connectivity index is 3.20. The molecule has 102 valence electrons. The molecule has 1 aromatic rings. The Morgan fingerprint density at radius 1 is 1.58 bits per heavy atom. The van der Waals surface area contributed by atoms with Crippen LogP contribution in [-0.2, 0) is 0 Å². The third-order valence-corrected chi connectivity index (χ3v) is 2.86. The van der Waals surface area contributed by atoms with Gasteiger partial charge in [0.1, 0.15) is 6.07 Å². The minimum absolute atomic E-state index is 0.0624. The van der Waals surface area contributed by atoms with Crippen molar-refractivity contribution in [2.24, 2.45) is 0 Å². The first-order valence-electron chi connectivity index (χ1n) is 5.56. The van der Waals surface area contributed by atoms with Gasteiger partial charge in [-0.2, -0.15) is 5.26 Å². The van der Waals surface area contributed by atoms with Crippen molar-refractivity contribution in [3.8, 4) is 6.07 Å². The van der Waals surface area contributed by atoms with E-state index in [0.717, 1.165) is 6.07 Å². The summed E-state index contributed by atoms with van der Waals surface area (Å²) in [6.07, 6.45) is 1.53. The SMILES string of the molecule is CCC(CO)(CO)Nc1ncc(C#N)cc1[N+](=O)[O-]. The topological polar surface area (TPSA) is 132 Å². The van der Waals surface area contributed by atoms with Crippen molar-refractivity contribution >= 4 is 11.5 Å². The zero-order valence-corrected chi connectivity index (χ0v) is 10.3. The molecular weight excluding hydrogens is 252 g/mol. The fourth-order valence-corrected chi connectivity index (χ4v) is 1.44. The van der Waals surface area contributed by atoms with Gasteiger partial charge in [-0.15, -0.1) is 0 Å². The maximum Gasteiger partial charge on any atom is 0.312 e. The van der Waals surface area contributed by atoms with Crippen molar-refractivity contribution in [2.45, 2.75) is 18.9 Å². The standard InChI is InChI=1S/C11H14N4O4/c1-2-11(6-16,7-17)14-10-9(15(18)19)3-8(4-12)5-13-10/h3,5,16-17H,2,6-7H2,1H3,(H,13,14). The van der Waals surface area contributed by atoms with Crippen molar-refractivity contribution in [1.29, 1.82) is 5.26 Å². The highest BCUT2D eigenvalue weighted by atomic mass is 16.6. The Bertz CT molecular complexity index is 500. The molecule has 0 fully saturated rings. The molecule has 0 aliphatic heterocycles. The van der Waals surface area contributed by atoms with Crippen molar-refractivity contribution < 1.29 is 15.1 Å². The molecule has 0 radical (unpaired) electrons. The van der Waals surface area contributed by atoms with E-state index in [1.54, 1.807) is 13.0 Å². The van der Waals surface area contributed by atoms with E-state index in [1.165, 1.54) is 6.20 Å². The number of nitro groups is 1. The molecule has 0 bridgehead atoms. The number of aliphatic hydroxyl groups excluding tert-OH is 2. The molecule has 0 unspecified atom stereocenters. The Morgan fingerprint density at radius 3 is 2.63 bits per heavy atom. The van der Waals surface area contributed by atoms with Gasteiger partial charge in [-0.25, -0.2) is 4.98 Å². The molecule has 3 N–H and O–H groups in total. The van der Waals surface area contributed by atoms with E-state index in [-0.39, 0.29) is 17.1 Å². The first kappa shape index (κ1) is 14.8. The summed E-state index contributed by atoms with van der Waals surface area (Å²) in [5.41, 5.74) is -1.41. The smallest absolute Gasteiger partial charge is 0.312 e. The zero-order chi connectivity index (χ0) is 14.5. The second-order valence-electron chi connectivity index (χ2n) is 4.04. The third-order valence-electron chi connectivity index (χ3n) is 2.86. The average Bonchev–Trinajstić information content (AvgIpc) is 2.45. The van der Waals surface area contributed by atoms with Gasteiger partial charge in [0.05, 0.1) is 29.2 Å². The van der Waals surface area contributed by atoms with E-state index >= 15 is 0 Å². The van der Waals surface area contributed by atoms with Gasteiger partial charge >= 0.3 is 5.69 Å². The number of aromatic nitrogens is 1. The van der Waals surface area contributed by atoms with E-state index in [4.69, 9.17) is 5.26 Å². The summed E-state index contributed by atoms with van der Waals surface area (Å²) in [6.45, 7) is 0.909. The zero-order valence-electron chi connectivity index (χ0n) is 10.3. The molecule has 1 heterocycles. The van der Waals surface area contributed by atoms with E-state index in [9.17, 15) is 20.3 Å². The number of nitrogens with one attached hydrogen (secondary N) is 1. The monoisotopic (exact) mass is 266 g/mol. The van der Waals surface area contributed by atoms with Crippen LogP contribution in [0.1, 0.15) is 18.9 Å². The number of anilines is 1. The quantitative estimate of drug-likeness (QED) is 0.501. The van der Waals surface area contributed by atoms with Crippen LogP contribution in [0.25, 0.3) is 0 Å². The first-order chi connectivity index (χ1) is 9.01. The summed E-state index contributed by atoms with van der Waals surface area (Å²) in [5.74, 6) is -0.0889. The largest absolute Gasteiger partial charge is 0.394 e. The van der Waals surface area contributed by atoms with Crippen LogP contribution in [0.3, 0.4) is 0 Å². The molecule has 8 heteroatoms. The first-order valence-corrected chi connectivity index (χ1v) is 5.56. The molecule has 0 aliphatic rings. The Labute approximate surface area is 109 Å². The summed E-state index contributed by atoms with van der Waals surface area (Å²) >= 11 is 0. The second kappa shape index (κ2) is 6.08. The van der Waals surface area contributed by atoms with Gasteiger partial charge in [-0.3, -0.25) is 10.1 Å². The van der Waals surface area contributed by atoms with Crippen LogP contribution < -0.4 is 5.32 Å². The lowest BCUT2D eigenvalue weighted by atomic mass is 9.98. The molecule has 1 aromatic heterocycles. The molecule has 1 rings (SSSR count). The van der Waals surface area contributed by atoms with Gasteiger partial charge in [-0.05, 0) is 6.42 Å². The molecule has 0 spiro atoms. The lowest BCUT2D eigenvalue weighted by Crippen LogP contribution is -2.45. The highest BCUT2D eigenvalue weighted by Gasteiger charge is 2.30. The number of pyridine rings is 1. The van der Waals surface area contributed by atoms with Gasteiger partial charge in [-0.1, -0.05) is 6.92 Å². The molecule has 0 aromatic carbocycles. The van der Waals surface area contributed by atoms with Crippen LogP contribution in [0.2, 0.25) is 0 Å². The van der Waals surface area contributed by atoms with E-state index < -0.39 is 23.7 Å². The van der Waals surface area contributed by atoms with Gasteiger partial charge in [0, 0.05) is 12.3 Å². The predicted molar refractivity (Wildman–Crippen MR) is 66.4 cm³/mol. The van der Waals surface area contributed by atoms with Crippen LogP contribution in [0.5, 0.6) is 0 Å². The third kappa shape index (κ3) is 3.15. The van der Waals surface area contributed by atoms with Crippen LogP contribution >= 0.6 is 0 Å². The summed E-state index contributed by atoms with van der Waals surface area (Å²) in [4.78, 5) is 14.1. The number of aliphatic hydroxyl groups is 2.